The van der Waals surface area contributed by atoms with Gasteiger partial charge in [0.05, 0.1) is 10.6 Å². The van der Waals surface area contributed by atoms with Gasteiger partial charge in [0.2, 0.25) is 0 Å². The molecule has 0 saturated heterocycles. The van der Waals surface area contributed by atoms with Gasteiger partial charge in [0.15, 0.2) is 0 Å². The molecule has 1 aromatic carbocycles. The van der Waals surface area contributed by atoms with E-state index in [0.29, 0.717) is 16.3 Å². The van der Waals surface area contributed by atoms with E-state index < -0.39 is 0 Å². The maximum absolute atomic E-state index is 11.8. The van der Waals surface area contributed by atoms with E-state index in [0.717, 1.165) is 5.56 Å². The van der Waals surface area contributed by atoms with E-state index in [1.807, 2.05) is 37.3 Å². The minimum absolute atomic E-state index is 0.196. The minimum Gasteiger partial charge on any atom is -0.270 e. The van der Waals surface area contributed by atoms with Gasteiger partial charge < -0.3 is 0 Å². The van der Waals surface area contributed by atoms with Crippen LogP contribution < -0.4 is 5.56 Å². The summed E-state index contributed by atoms with van der Waals surface area (Å²) in [7, 11) is 0. The van der Waals surface area contributed by atoms with Gasteiger partial charge in [-0.25, -0.2) is 0 Å². The summed E-state index contributed by atoms with van der Waals surface area (Å²) in [5, 5.41) is 9.28. The fourth-order valence-electron chi connectivity index (χ4n) is 1.56. The number of aryl methyl sites for hydroxylation is 1. The first kappa shape index (κ1) is 11.5. The van der Waals surface area contributed by atoms with Gasteiger partial charge in [0.1, 0.15) is 6.07 Å². The number of hydrogen-bond acceptors (Lipinski definition) is 3. The van der Waals surface area contributed by atoms with E-state index in [1.165, 1.54) is 16.7 Å². The SMILES string of the molecule is Cc1ccc(-n2c(S)c(C#N)ccc2=O)cc1. The van der Waals surface area contributed by atoms with Crippen molar-refractivity contribution >= 4 is 12.6 Å². The van der Waals surface area contributed by atoms with Crippen molar-refractivity contribution in [2.75, 3.05) is 0 Å². The number of thiol groups is 1. The van der Waals surface area contributed by atoms with Gasteiger partial charge in [-0.1, -0.05) is 17.7 Å². The van der Waals surface area contributed by atoms with E-state index in [9.17, 15) is 4.79 Å². The molecule has 2 rings (SSSR count). The molecule has 0 aliphatic heterocycles. The monoisotopic (exact) mass is 242 g/mol. The van der Waals surface area contributed by atoms with Gasteiger partial charge in [-0.2, -0.15) is 5.26 Å². The number of benzene rings is 1. The normalized spacial score (nSPS) is 9.94. The van der Waals surface area contributed by atoms with Crippen LogP contribution in [0.5, 0.6) is 0 Å². The molecule has 17 heavy (non-hydrogen) atoms. The fourth-order valence-corrected chi connectivity index (χ4v) is 1.90. The smallest absolute Gasteiger partial charge is 0.256 e. The van der Waals surface area contributed by atoms with Gasteiger partial charge in [0.25, 0.3) is 5.56 Å². The number of pyridine rings is 1. The van der Waals surface area contributed by atoms with Crippen molar-refractivity contribution in [1.82, 2.24) is 4.57 Å². The lowest BCUT2D eigenvalue weighted by Crippen LogP contribution is -2.18. The molecule has 2 aromatic rings. The minimum atomic E-state index is -0.196. The maximum atomic E-state index is 11.8. The molecule has 4 heteroatoms. The lowest BCUT2D eigenvalue weighted by molar-refractivity contribution is 0.871. The summed E-state index contributed by atoms with van der Waals surface area (Å²) in [5.74, 6) is 0. The summed E-state index contributed by atoms with van der Waals surface area (Å²) < 4.78 is 1.42. The summed E-state index contributed by atoms with van der Waals surface area (Å²) in [6.07, 6.45) is 0. The van der Waals surface area contributed by atoms with E-state index in [-0.39, 0.29) is 5.56 Å². The molecule has 0 fully saturated rings. The van der Waals surface area contributed by atoms with Crippen LogP contribution in [0.25, 0.3) is 5.69 Å². The molecule has 0 atom stereocenters. The summed E-state index contributed by atoms with van der Waals surface area (Å²) in [4.78, 5) is 11.8. The Hall–Kier alpha value is -1.99. The highest BCUT2D eigenvalue weighted by molar-refractivity contribution is 7.80. The first-order valence-corrected chi connectivity index (χ1v) is 5.50. The lowest BCUT2D eigenvalue weighted by atomic mass is 10.2. The molecule has 0 bridgehead atoms. The Kier molecular flexibility index (Phi) is 3.03. The summed E-state index contributed by atoms with van der Waals surface area (Å²) in [5.41, 5.74) is 2.01. The molecule has 0 spiro atoms. The fraction of sp³-hybridized carbons (Fsp3) is 0.0769. The van der Waals surface area contributed by atoms with E-state index in [2.05, 4.69) is 12.6 Å². The second-order valence-electron chi connectivity index (χ2n) is 3.69. The van der Waals surface area contributed by atoms with Crippen molar-refractivity contribution in [3.8, 4) is 11.8 Å². The zero-order chi connectivity index (χ0) is 12.4. The van der Waals surface area contributed by atoms with Crippen LogP contribution in [0.4, 0.5) is 0 Å². The van der Waals surface area contributed by atoms with Gasteiger partial charge in [0, 0.05) is 11.8 Å². The molecule has 3 nitrogen and oxygen atoms in total. The molecule has 1 aromatic heterocycles. The number of nitriles is 1. The van der Waals surface area contributed by atoms with Gasteiger partial charge in [-0.05, 0) is 25.1 Å². The third-order valence-corrected chi connectivity index (χ3v) is 2.92. The van der Waals surface area contributed by atoms with Gasteiger partial charge in [-0.15, -0.1) is 12.6 Å². The Morgan fingerprint density at radius 2 is 1.82 bits per heavy atom. The summed E-state index contributed by atoms with van der Waals surface area (Å²) in [6, 6.07) is 12.3. The van der Waals surface area contributed by atoms with E-state index in [4.69, 9.17) is 5.26 Å². The predicted molar refractivity (Wildman–Crippen MR) is 68.7 cm³/mol. The molecule has 84 valence electrons. The highest BCUT2D eigenvalue weighted by Gasteiger charge is 2.07. The molecular formula is C13H10N2OS. The van der Waals surface area contributed by atoms with E-state index in [1.54, 1.807) is 0 Å². The van der Waals surface area contributed by atoms with Crippen LogP contribution >= 0.6 is 12.6 Å². The predicted octanol–water partition coefficient (Wildman–Crippen LogP) is 2.31. The Morgan fingerprint density at radius 1 is 1.18 bits per heavy atom. The average molecular weight is 242 g/mol. The topological polar surface area (TPSA) is 45.8 Å². The molecule has 0 aliphatic rings. The van der Waals surface area contributed by atoms with Crippen molar-refractivity contribution in [1.29, 1.82) is 5.26 Å². The Labute approximate surface area is 104 Å². The molecule has 1 heterocycles. The van der Waals surface area contributed by atoms with Crippen LogP contribution in [0.15, 0.2) is 46.2 Å². The summed E-state index contributed by atoms with van der Waals surface area (Å²) in [6.45, 7) is 1.97. The van der Waals surface area contributed by atoms with Crippen molar-refractivity contribution in [2.45, 2.75) is 11.9 Å². The van der Waals surface area contributed by atoms with Crippen LogP contribution in [0.3, 0.4) is 0 Å². The Balaban J connectivity index is 2.71. The summed E-state index contributed by atoms with van der Waals surface area (Å²) >= 11 is 4.24. The van der Waals surface area contributed by atoms with Crippen molar-refractivity contribution < 1.29 is 0 Å². The number of hydrogen-bond donors (Lipinski definition) is 1. The van der Waals surface area contributed by atoms with Crippen LogP contribution in [-0.4, -0.2) is 4.57 Å². The molecule has 0 unspecified atom stereocenters. The largest absolute Gasteiger partial charge is 0.270 e. The zero-order valence-corrected chi connectivity index (χ0v) is 10.1. The molecule has 0 aliphatic carbocycles. The van der Waals surface area contributed by atoms with Crippen LogP contribution in [0.2, 0.25) is 0 Å². The number of nitrogens with zero attached hydrogens (tertiary/aromatic N) is 2. The van der Waals surface area contributed by atoms with Gasteiger partial charge in [-0.3, -0.25) is 9.36 Å². The highest BCUT2D eigenvalue weighted by atomic mass is 32.1. The first-order valence-electron chi connectivity index (χ1n) is 5.05. The second kappa shape index (κ2) is 4.48. The maximum Gasteiger partial charge on any atom is 0.256 e. The van der Waals surface area contributed by atoms with Crippen molar-refractivity contribution in [2.24, 2.45) is 0 Å². The third-order valence-electron chi connectivity index (χ3n) is 2.48. The number of aromatic nitrogens is 1. The highest BCUT2D eigenvalue weighted by Crippen LogP contribution is 2.16. The van der Waals surface area contributed by atoms with Crippen LogP contribution in [0.1, 0.15) is 11.1 Å². The molecule has 0 amide bonds. The molecule has 0 saturated carbocycles. The van der Waals surface area contributed by atoms with Gasteiger partial charge >= 0.3 is 0 Å². The standard InChI is InChI=1S/C13H10N2OS/c1-9-2-5-11(6-3-9)15-12(16)7-4-10(8-14)13(15)17/h2-7,17H,1H3. The third kappa shape index (κ3) is 2.10. The van der Waals surface area contributed by atoms with Crippen molar-refractivity contribution in [3.05, 3.63) is 57.9 Å². The molecular weight excluding hydrogens is 232 g/mol. The number of rotatable bonds is 1. The van der Waals surface area contributed by atoms with Crippen LogP contribution in [-0.2, 0) is 0 Å². The Bertz CT molecular complexity index is 651. The lowest BCUT2D eigenvalue weighted by Gasteiger charge is -2.10. The van der Waals surface area contributed by atoms with Crippen molar-refractivity contribution in [3.63, 3.8) is 0 Å². The molecule has 0 N–H and O–H groups in total. The first-order chi connectivity index (χ1) is 8.13. The second-order valence-corrected chi connectivity index (χ2v) is 4.12. The van der Waals surface area contributed by atoms with Crippen LogP contribution in [0, 0.1) is 18.3 Å². The van der Waals surface area contributed by atoms with E-state index >= 15 is 0 Å². The quantitative estimate of drug-likeness (QED) is 0.780. The zero-order valence-electron chi connectivity index (χ0n) is 9.21. The molecule has 0 radical (unpaired) electrons. The Morgan fingerprint density at radius 3 is 2.41 bits per heavy atom. The average Bonchev–Trinajstić information content (AvgIpc) is 2.32.